The van der Waals surface area contributed by atoms with Crippen LogP contribution in [-0.4, -0.2) is 10.1 Å². The molecule has 0 bridgehead atoms. The summed E-state index contributed by atoms with van der Waals surface area (Å²) in [4.78, 5) is 4.03. The Balaban J connectivity index is 2.31. The van der Waals surface area contributed by atoms with Crippen LogP contribution in [0.5, 0.6) is 0 Å². The highest BCUT2D eigenvalue weighted by molar-refractivity contribution is 5.26. The number of hydrogen-bond donors (Lipinski definition) is 1. The maximum Gasteiger partial charge on any atom is 0.123 e. The van der Waals surface area contributed by atoms with Crippen molar-refractivity contribution in [1.29, 1.82) is 0 Å². The van der Waals surface area contributed by atoms with E-state index in [2.05, 4.69) is 4.98 Å². The molecule has 1 N–H and O–H groups in total. The van der Waals surface area contributed by atoms with Crippen molar-refractivity contribution < 1.29 is 9.50 Å². The van der Waals surface area contributed by atoms with Crippen LogP contribution < -0.4 is 0 Å². The Hall–Kier alpha value is -1.74. The van der Waals surface area contributed by atoms with Crippen molar-refractivity contribution in [3.63, 3.8) is 0 Å². The van der Waals surface area contributed by atoms with Crippen LogP contribution in [0, 0.1) is 5.82 Å². The van der Waals surface area contributed by atoms with Crippen molar-refractivity contribution in [2.75, 3.05) is 0 Å². The van der Waals surface area contributed by atoms with Gasteiger partial charge in [-0.25, -0.2) is 4.39 Å². The summed E-state index contributed by atoms with van der Waals surface area (Å²) < 4.78 is 13.2. The van der Waals surface area contributed by atoms with Crippen LogP contribution >= 0.6 is 0 Å². The number of benzene rings is 1. The third-order valence-electron chi connectivity index (χ3n) is 3.17. The second-order valence-corrected chi connectivity index (χ2v) is 4.43. The second kappa shape index (κ2) is 5.27. The Morgan fingerprint density at radius 3 is 2.72 bits per heavy atom. The lowest BCUT2D eigenvalue weighted by molar-refractivity contribution is 0.0323. The quantitative estimate of drug-likeness (QED) is 0.898. The maximum atomic E-state index is 13.2. The number of halogens is 1. The van der Waals surface area contributed by atoms with Gasteiger partial charge in [-0.05, 0) is 35.7 Å². The fourth-order valence-electron chi connectivity index (χ4n) is 2.05. The molecule has 1 aromatic carbocycles. The van der Waals surface area contributed by atoms with E-state index in [1.165, 1.54) is 12.1 Å². The Kier molecular flexibility index (Phi) is 3.72. The lowest BCUT2D eigenvalue weighted by Gasteiger charge is -2.27. The highest BCUT2D eigenvalue weighted by Gasteiger charge is 2.27. The molecule has 0 radical (unpaired) electrons. The van der Waals surface area contributed by atoms with Crippen LogP contribution in [0.1, 0.15) is 24.5 Å². The normalized spacial score (nSPS) is 14.2. The first-order valence-corrected chi connectivity index (χ1v) is 6.01. The van der Waals surface area contributed by atoms with Gasteiger partial charge in [0, 0.05) is 18.8 Å². The molecule has 1 aromatic heterocycles. The van der Waals surface area contributed by atoms with Crippen molar-refractivity contribution >= 4 is 0 Å². The number of nitrogens with zero attached hydrogens (tertiary/aromatic N) is 1. The SMILES string of the molecule is CCC(O)(Cc1cccnc1)c1cccc(F)c1. The van der Waals surface area contributed by atoms with E-state index in [1.54, 1.807) is 24.5 Å². The van der Waals surface area contributed by atoms with E-state index in [4.69, 9.17) is 0 Å². The Bertz CT molecular complexity index is 515. The molecule has 0 amide bonds. The van der Waals surface area contributed by atoms with Gasteiger partial charge in [0.15, 0.2) is 0 Å². The minimum Gasteiger partial charge on any atom is -0.385 e. The Labute approximate surface area is 106 Å². The van der Waals surface area contributed by atoms with Crippen LogP contribution in [0.15, 0.2) is 48.8 Å². The number of aromatic nitrogens is 1. The Morgan fingerprint density at radius 2 is 2.11 bits per heavy atom. The fourth-order valence-corrected chi connectivity index (χ4v) is 2.05. The van der Waals surface area contributed by atoms with Gasteiger partial charge < -0.3 is 5.11 Å². The first-order valence-electron chi connectivity index (χ1n) is 6.01. The minimum atomic E-state index is -1.05. The van der Waals surface area contributed by atoms with Gasteiger partial charge in [-0.3, -0.25) is 4.98 Å². The van der Waals surface area contributed by atoms with Crippen LogP contribution in [0.3, 0.4) is 0 Å². The zero-order valence-corrected chi connectivity index (χ0v) is 10.3. The lowest BCUT2D eigenvalue weighted by Crippen LogP contribution is -2.27. The van der Waals surface area contributed by atoms with Crippen LogP contribution in [0.25, 0.3) is 0 Å². The van der Waals surface area contributed by atoms with Crippen molar-refractivity contribution in [1.82, 2.24) is 4.98 Å². The van der Waals surface area contributed by atoms with E-state index in [1.807, 2.05) is 19.1 Å². The number of rotatable bonds is 4. The monoisotopic (exact) mass is 245 g/mol. The largest absolute Gasteiger partial charge is 0.385 e. The molecule has 2 rings (SSSR count). The van der Waals surface area contributed by atoms with E-state index in [0.29, 0.717) is 18.4 Å². The molecule has 94 valence electrons. The highest BCUT2D eigenvalue weighted by Crippen LogP contribution is 2.29. The van der Waals surface area contributed by atoms with Gasteiger partial charge >= 0.3 is 0 Å². The predicted octanol–water partition coefficient (Wildman–Crippen LogP) is 3.06. The molecule has 18 heavy (non-hydrogen) atoms. The number of pyridine rings is 1. The standard InChI is InChI=1S/C15H16FNO/c1-2-15(18,10-12-5-4-8-17-11-12)13-6-3-7-14(16)9-13/h3-9,11,18H,2,10H2,1H3. The zero-order chi connectivity index (χ0) is 13.0. The lowest BCUT2D eigenvalue weighted by atomic mass is 9.85. The first kappa shape index (κ1) is 12.7. The predicted molar refractivity (Wildman–Crippen MR) is 68.5 cm³/mol. The van der Waals surface area contributed by atoms with Gasteiger partial charge in [0.1, 0.15) is 5.82 Å². The third-order valence-corrected chi connectivity index (χ3v) is 3.17. The molecular formula is C15H16FNO. The average Bonchev–Trinajstić information content (AvgIpc) is 2.40. The molecule has 1 unspecified atom stereocenters. The van der Waals surface area contributed by atoms with E-state index in [0.717, 1.165) is 5.56 Å². The van der Waals surface area contributed by atoms with Crippen molar-refractivity contribution in [2.45, 2.75) is 25.4 Å². The van der Waals surface area contributed by atoms with Gasteiger partial charge in [-0.15, -0.1) is 0 Å². The molecule has 1 heterocycles. The van der Waals surface area contributed by atoms with E-state index in [-0.39, 0.29) is 5.82 Å². The van der Waals surface area contributed by atoms with Gasteiger partial charge in [0.25, 0.3) is 0 Å². The number of aliphatic hydroxyl groups is 1. The first-order chi connectivity index (χ1) is 8.64. The summed E-state index contributed by atoms with van der Waals surface area (Å²) in [6, 6.07) is 9.88. The number of hydrogen-bond acceptors (Lipinski definition) is 2. The van der Waals surface area contributed by atoms with Crippen LogP contribution in [-0.2, 0) is 12.0 Å². The van der Waals surface area contributed by atoms with Crippen molar-refractivity contribution in [3.8, 4) is 0 Å². The molecule has 2 nitrogen and oxygen atoms in total. The molecule has 0 saturated carbocycles. The summed E-state index contributed by atoms with van der Waals surface area (Å²) in [7, 11) is 0. The molecule has 0 aliphatic heterocycles. The second-order valence-electron chi connectivity index (χ2n) is 4.43. The van der Waals surface area contributed by atoms with E-state index >= 15 is 0 Å². The minimum absolute atomic E-state index is 0.328. The van der Waals surface area contributed by atoms with Crippen molar-refractivity contribution in [2.24, 2.45) is 0 Å². The summed E-state index contributed by atoms with van der Waals surface area (Å²) in [5.74, 6) is -0.328. The van der Waals surface area contributed by atoms with Crippen LogP contribution in [0.2, 0.25) is 0 Å². The van der Waals surface area contributed by atoms with Gasteiger partial charge in [0.2, 0.25) is 0 Å². The smallest absolute Gasteiger partial charge is 0.123 e. The van der Waals surface area contributed by atoms with Gasteiger partial charge in [-0.2, -0.15) is 0 Å². The highest BCUT2D eigenvalue weighted by atomic mass is 19.1. The van der Waals surface area contributed by atoms with Crippen molar-refractivity contribution in [3.05, 3.63) is 65.7 Å². The summed E-state index contributed by atoms with van der Waals surface area (Å²) in [5.41, 5.74) is 0.491. The third kappa shape index (κ3) is 2.74. The van der Waals surface area contributed by atoms with Crippen LogP contribution in [0.4, 0.5) is 4.39 Å². The van der Waals surface area contributed by atoms with E-state index in [9.17, 15) is 9.50 Å². The topological polar surface area (TPSA) is 33.1 Å². The summed E-state index contributed by atoms with van der Waals surface area (Å²) in [6.07, 6.45) is 4.36. The molecule has 0 aliphatic rings. The van der Waals surface area contributed by atoms with E-state index < -0.39 is 5.60 Å². The summed E-state index contributed by atoms with van der Waals surface area (Å²) >= 11 is 0. The molecule has 0 aliphatic carbocycles. The zero-order valence-electron chi connectivity index (χ0n) is 10.3. The fraction of sp³-hybridized carbons (Fsp3) is 0.267. The molecule has 1 atom stereocenters. The Morgan fingerprint density at radius 1 is 1.28 bits per heavy atom. The molecular weight excluding hydrogens is 229 g/mol. The van der Waals surface area contributed by atoms with Gasteiger partial charge in [0.05, 0.1) is 5.60 Å². The molecule has 3 heteroatoms. The molecule has 0 fully saturated rings. The summed E-state index contributed by atoms with van der Waals surface area (Å²) in [6.45, 7) is 1.89. The average molecular weight is 245 g/mol. The molecule has 0 spiro atoms. The van der Waals surface area contributed by atoms with Gasteiger partial charge in [-0.1, -0.05) is 25.1 Å². The summed E-state index contributed by atoms with van der Waals surface area (Å²) in [5, 5.41) is 10.7. The molecule has 0 saturated heterocycles. The maximum absolute atomic E-state index is 13.2. The molecule has 2 aromatic rings.